The summed E-state index contributed by atoms with van der Waals surface area (Å²) in [6.45, 7) is 4.25. The Morgan fingerprint density at radius 1 is 1.03 bits per heavy atom. The number of rotatable bonds is 10. The summed E-state index contributed by atoms with van der Waals surface area (Å²) in [4.78, 5) is 4.32. The minimum atomic E-state index is -5.95. The predicted molar refractivity (Wildman–Crippen MR) is 107 cm³/mol. The van der Waals surface area contributed by atoms with Crippen molar-refractivity contribution in [2.24, 2.45) is 0 Å². The van der Waals surface area contributed by atoms with Gasteiger partial charge in [-0.25, -0.2) is 4.98 Å². The van der Waals surface area contributed by atoms with E-state index < -0.39 is 23.5 Å². The predicted octanol–water partition coefficient (Wildman–Crippen LogP) is 5.91. The lowest BCUT2D eigenvalue weighted by Crippen LogP contribution is -2.53. The van der Waals surface area contributed by atoms with Gasteiger partial charge < -0.3 is 9.84 Å². The van der Waals surface area contributed by atoms with E-state index in [2.05, 4.69) is 11.1 Å². The molecule has 0 aliphatic carbocycles. The Morgan fingerprint density at radius 2 is 1.64 bits per heavy atom. The molecule has 2 rings (SSSR count). The van der Waals surface area contributed by atoms with Gasteiger partial charge in [0.2, 0.25) is 0 Å². The molecule has 0 spiro atoms. The van der Waals surface area contributed by atoms with Crippen molar-refractivity contribution in [2.45, 2.75) is 70.0 Å². The van der Waals surface area contributed by atoms with E-state index in [1.807, 2.05) is 13.8 Å². The van der Waals surface area contributed by atoms with Gasteiger partial charge in [0.25, 0.3) is 5.60 Å². The Hall–Kier alpha value is -2.58. The summed E-state index contributed by atoms with van der Waals surface area (Å²) in [7, 11) is 0. The minimum Gasteiger partial charge on any atom is -0.375 e. The smallest absolute Gasteiger partial charge is 0.375 e. The number of unbranched alkanes of at least 4 members (excludes halogenated alkanes) is 3. The van der Waals surface area contributed by atoms with Crippen molar-refractivity contribution in [3.8, 4) is 11.8 Å². The Labute approximate surface area is 187 Å². The van der Waals surface area contributed by atoms with Crippen LogP contribution < -0.4 is 0 Å². The van der Waals surface area contributed by atoms with Crippen molar-refractivity contribution in [1.29, 1.82) is 5.26 Å². The maximum Gasteiger partial charge on any atom is 0.430 e. The van der Waals surface area contributed by atoms with Gasteiger partial charge in [0.1, 0.15) is 5.82 Å². The average molecular weight is 477 g/mol. The summed E-state index contributed by atoms with van der Waals surface area (Å²) in [6.07, 6.45) is -7.54. The Morgan fingerprint density at radius 3 is 2.15 bits per heavy atom. The first-order chi connectivity index (χ1) is 15.3. The molecule has 0 saturated heterocycles. The number of nitriles is 1. The molecule has 0 atom stereocenters. The molecule has 11 heteroatoms. The summed E-state index contributed by atoms with van der Waals surface area (Å²) in [5.41, 5.74) is -5.44. The molecule has 0 aliphatic rings. The van der Waals surface area contributed by atoms with Crippen LogP contribution in [-0.2, 0) is 16.9 Å². The molecule has 0 fully saturated rings. The molecule has 5 nitrogen and oxygen atoms in total. The quantitative estimate of drug-likeness (QED) is 0.341. The van der Waals surface area contributed by atoms with Gasteiger partial charge in [0.15, 0.2) is 0 Å². The number of hydrogen-bond acceptors (Lipinski definition) is 4. The Balaban J connectivity index is 2.29. The minimum absolute atomic E-state index is 0.0910. The highest BCUT2D eigenvalue weighted by molar-refractivity contribution is 5.41. The van der Waals surface area contributed by atoms with Crippen LogP contribution in [0, 0.1) is 11.3 Å². The summed E-state index contributed by atoms with van der Waals surface area (Å²) < 4.78 is 86.1. The SMILES string of the molecule is CC(C)c1ncc(COCCCCCC#N)n1-c1ccc(C(O)(C(F)(F)F)C(F)(F)F)cc1. The van der Waals surface area contributed by atoms with Crippen LogP contribution in [-0.4, -0.2) is 33.6 Å². The molecular weight excluding hydrogens is 452 g/mol. The van der Waals surface area contributed by atoms with Crippen molar-refractivity contribution < 1.29 is 36.2 Å². The van der Waals surface area contributed by atoms with Crippen LogP contribution in [0.15, 0.2) is 30.5 Å². The van der Waals surface area contributed by atoms with E-state index >= 15 is 0 Å². The van der Waals surface area contributed by atoms with Crippen molar-refractivity contribution in [3.63, 3.8) is 0 Å². The zero-order valence-corrected chi connectivity index (χ0v) is 18.2. The third-order valence-electron chi connectivity index (χ3n) is 5.07. The van der Waals surface area contributed by atoms with Gasteiger partial charge in [0.05, 0.1) is 24.6 Å². The first-order valence-corrected chi connectivity index (χ1v) is 10.3. The zero-order chi connectivity index (χ0) is 24.9. The van der Waals surface area contributed by atoms with Gasteiger partial charge >= 0.3 is 12.4 Å². The van der Waals surface area contributed by atoms with Crippen LogP contribution >= 0.6 is 0 Å². The maximum absolute atomic E-state index is 13.1. The van der Waals surface area contributed by atoms with E-state index in [0.717, 1.165) is 31.4 Å². The van der Waals surface area contributed by atoms with Crippen LogP contribution in [0.1, 0.15) is 62.5 Å². The normalized spacial score (nSPS) is 12.9. The van der Waals surface area contributed by atoms with Crippen molar-refractivity contribution in [3.05, 3.63) is 47.5 Å². The number of imidazole rings is 1. The van der Waals surface area contributed by atoms with Gasteiger partial charge in [-0.15, -0.1) is 0 Å². The summed E-state index contributed by atoms with van der Waals surface area (Å²) in [5.74, 6) is 0.462. The number of aromatic nitrogens is 2. The van der Waals surface area contributed by atoms with Crippen LogP contribution in [0.25, 0.3) is 5.69 Å². The maximum atomic E-state index is 13.1. The number of aliphatic hydroxyl groups is 1. The highest BCUT2D eigenvalue weighted by atomic mass is 19.4. The van der Waals surface area contributed by atoms with Crippen LogP contribution in [0.3, 0.4) is 0 Å². The topological polar surface area (TPSA) is 71.1 Å². The fourth-order valence-corrected chi connectivity index (χ4v) is 3.31. The number of alkyl halides is 6. The standard InChI is InChI=1S/C22H25F6N3O2/c1-15(2)19-30-13-18(14-33-12-6-4-3-5-11-29)31(19)17-9-7-16(8-10-17)20(32,21(23,24)25)22(26,27)28/h7-10,13,15,32H,3-6,12,14H2,1-2H3. The van der Waals surface area contributed by atoms with Gasteiger partial charge in [-0.3, -0.25) is 4.57 Å². The molecule has 1 heterocycles. The van der Waals surface area contributed by atoms with E-state index in [-0.39, 0.29) is 12.5 Å². The van der Waals surface area contributed by atoms with Gasteiger partial charge in [-0.1, -0.05) is 32.4 Å². The third-order valence-corrected chi connectivity index (χ3v) is 5.07. The lowest BCUT2D eigenvalue weighted by Gasteiger charge is -2.32. The van der Waals surface area contributed by atoms with E-state index in [1.165, 1.54) is 0 Å². The second-order valence-electron chi connectivity index (χ2n) is 7.87. The van der Waals surface area contributed by atoms with Crippen LogP contribution in [0.4, 0.5) is 26.3 Å². The highest BCUT2D eigenvalue weighted by Gasteiger charge is 2.71. The van der Waals surface area contributed by atoms with Gasteiger partial charge in [0, 0.05) is 30.2 Å². The molecule has 0 unspecified atom stereocenters. The van der Waals surface area contributed by atoms with Crippen LogP contribution in [0.5, 0.6) is 0 Å². The first kappa shape index (κ1) is 26.7. The molecule has 1 aromatic heterocycles. The molecule has 0 bridgehead atoms. The van der Waals surface area contributed by atoms with Crippen molar-refractivity contribution in [1.82, 2.24) is 9.55 Å². The molecule has 182 valence electrons. The molecule has 33 heavy (non-hydrogen) atoms. The number of hydrogen-bond donors (Lipinski definition) is 1. The van der Waals surface area contributed by atoms with Crippen molar-refractivity contribution in [2.75, 3.05) is 6.61 Å². The van der Waals surface area contributed by atoms with E-state index in [4.69, 9.17) is 10.00 Å². The molecule has 1 aromatic carbocycles. The zero-order valence-electron chi connectivity index (χ0n) is 18.2. The van der Waals surface area contributed by atoms with Crippen molar-refractivity contribution >= 4 is 0 Å². The number of nitrogens with zero attached hydrogens (tertiary/aromatic N) is 3. The van der Waals surface area contributed by atoms with Gasteiger partial charge in [-0.2, -0.15) is 31.6 Å². The second kappa shape index (κ2) is 10.6. The molecule has 2 aromatic rings. The van der Waals surface area contributed by atoms with E-state index in [0.29, 0.717) is 42.4 Å². The summed E-state index contributed by atoms with van der Waals surface area (Å²) in [5, 5.41) is 18.1. The van der Waals surface area contributed by atoms with Crippen LogP contribution in [0.2, 0.25) is 0 Å². The second-order valence-corrected chi connectivity index (χ2v) is 7.87. The largest absolute Gasteiger partial charge is 0.430 e. The van der Waals surface area contributed by atoms with E-state index in [1.54, 1.807) is 10.8 Å². The molecular formula is C22H25F6N3O2. The summed E-state index contributed by atoms with van der Waals surface area (Å²) in [6, 6.07) is 5.44. The monoisotopic (exact) mass is 477 g/mol. The highest BCUT2D eigenvalue weighted by Crippen LogP contribution is 2.50. The Kier molecular flexibility index (Phi) is 8.54. The lowest BCUT2D eigenvalue weighted by atomic mass is 9.92. The molecule has 1 N–H and O–H groups in total. The number of benzene rings is 1. The van der Waals surface area contributed by atoms with Gasteiger partial charge in [-0.05, 0) is 25.0 Å². The third kappa shape index (κ3) is 5.86. The number of ether oxygens (including phenoxy) is 1. The molecule has 0 radical (unpaired) electrons. The lowest BCUT2D eigenvalue weighted by molar-refractivity contribution is -0.376. The molecule has 0 aliphatic heterocycles. The average Bonchev–Trinajstić information content (AvgIpc) is 3.15. The summed E-state index contributed by atoms with van der Waals surface area (Å²) >= 11 is 0. The molecule has 0 amide bonds. The Bertz CT molecular complexity index is 929. The number of halogens is 6. The first-order valence-electron chi connectivity index (χ1n) is 10.3. The fraction of sp³-hybridized carbons (Fsp3) is 0.545. The molecule has 0 saturated carbocycles. The van der Waals surface area contributed by atoms with E-state index in [9.17, 15) is 31.4 Å². The fourth-order valence-electron chi connectivity index (χ4n) is 3.31.